The van der Waals surface area contributed by atoms with Crippen LogP contribution in [0, 0.1) is 0 Å². The van der Waals surface area contributed by atoms with Crippen LogP contribution in [-0.4, -0.2) is 18.7 Å². The van der Waals surface area contributed by atoms with Crippen molar-refractivity contribution in [3.63, 3.8) is 0 Å². The van der Waals surface area contributed by atoms with Crippen LogP contribution in [0.5, 0.6) is 5.75 Å². The number of amides is 1. The van der Waals surface area contributed by atoms with Gasteiger partial charge in [-0.05, 0) is 54.3 Å². The van der Waals surface area contributed by atoms with Crippen molar-refractivity contribution in [1.82, 2.24) is 5.43 Å². The predicted molar refractivity (Wildman–Crippen MR) is 116 cm³/mol. The van der Waals surface area contributed by atoms with Crippen molar-refractivity contribution < 1.29 is 13.9 Å². The van der Waals surface area contributed by atoms with E-state index in [0.29, 0.717) is 28.2 Å². The van der Waals surface area contributed by atoms with Gasteiger partial charge in [0.15, 0.2) is 6.61 Å². The number of halogens is 1. The molecule has 0 bridgehead atoms. The van der Waals surface area contributed by atoms with Crippen molar-refractivity contribution in [2.24, 2.45) is 5.10 Å². The fraction of sp³-hybridized carbons (Fsp3) is 0.217. The molecule has 1 heterocycles. The molecule has 0 aliphatic carbocycles. The van der Waals surface area contributed by atoms with Crippen molar-refractivity contribution in [2.45, 2.75) is 26.2 Å². The molecule has 2 aromatic carbocycles. The molecule has 1 aromatic heterocycles. The molecule has 29 heavy (non-hydrogen) atoms. The Morgan fingerprint density at radius 2 is 2.00 bits per heavy atom. The smallest absolute Gasteiger partial charge is 0.277 e. The summed E-state index contributed by atoms with van der Waals surface area (Å²) in [4.78, 5) is 11.9. The van der Waals surface area contributed by atoms with E-state index in [1.54, 1.807) is 12.1 Å². The molecule has 1 N–H and O–H groups in total. The quantitative estimate of drug-likeness (QED) is 0.386. The van der Waals surface area contributed by atoms with Gasteiger partial charge in [0.25, 0.3) is 5.91 Å². The third kappa shape index (κ3) is 5.96. The average Bonchev–Trinajstić information content (AvgIpc) is 3.21. The molecule has 0 saturated carbocycles. The Morgan fingerprint density at radius 1 is 1.21 bits per heavy atom. The molecule has 1 atom stereocenters. The number of benzene rings is 2. The van der Waals surface area contributed by atoms with Gasteiger partial charge in [-0.2, -0.15) is 5.10 Å². The second-order valence-corrected chi connectivity index (χ2v) is 7.11. The minimum atomic E-state index is -0.353. The molecule has 1 amide bonds. The number of furan rings is 1. The SMILES string of the molecule is CC[C@@H](C)c1ccc(OCC(=O)N/N=C/c2ccc(-c3cccc(Cl)c3)o2)cc1. The Bertz CT molecular complexity index is 980. The highest BCUT2D eigenvalue weighted by Crippen LogP contribution is 2.24. The summed E-state index contributed by atoms with van der Waals surface area (Å²) >= 11 is 5.99. The fourth-order valence-electron chi connectivity index (χ4n) is 2.70. The fourth-order valence-corrected chi connectivity index (χ4v) is 2.89. The third-order valence-electron chi connectivity index (χ3n) is 4.55. The molecule has 3 rings (SSSR count). The molecule has 3 aromatic rings. The lowest BCUT2D eigenvalue weighted by Crippen LogP contribution is -2.24. The molecule has 0 radical (unpaired) electrons. The standard InChI is InChI=1S/C23H23ClN2O3/c1-3-16(2)17-7-9-20(10-8-17)28-15-23(27)26-25-14-21-11-12-22(29-21)18-5-4-6-19(24)13-18/h4-14,16H,3,15H2,1-2H3,(H,26,27)/b25-14+/t16-/m1/s1. The summed E-state index contributed by atoms with van der Waals surface area (Å²) in [5.41, 5.74) is 4.55. The van der Waals surface area contributed by atoms with Crippen molar-refractivity contribution in [1.29, 1.82) is 0 Å². The Balaban J connectivity index is 1.47. The Labute approximate surface area is 175 Å². The first kappa shape index (κ1) is 20.7. The molecule has 0 unspecified atom stereocenters. The van der Waals surface area contributed by atoms with Gasteiger partial charge in [-0.15, -0.1) is 0 Å². The molecule has 0 spiro atoms. The molecule has 5 nitrogen and oxygen atoms in total. The van der Waals surface area contributed by atoms with Crippen molar-refractivity contribution in [3.05, 3.63) is 77.0 Å². The summed E-state index contributed by atoms with van der Waals surface area (Å²) in [7, 11) is 0. The third-order valence-corrected chi connectivity index (χ3v) is 4.78. The van der Waals surface area contributed by atoms with Gasteiger partial charge >= 0.3 is 0 Å². The van der Waals surface area contributed by atoms with Gasteiger partial charge in [0.1, 0.15) is 17.3 Å². The van der Waals surface area contributed by atoms with Crippen LogP contribution < -0.4 is 10.2 Å². The summed E-state index contributed by atoms with van der Waals surface area (Å²) in [5, 5.41) is 4.54. The van der Waals surface area contributed by atoms with Crippen LogP contribution in [0.2, 0.25) is 5.02 Å². The molecular weight excluding hydrogens is 388 g/mol. The van der Waals surface area contributed by atoms with Gasteiger partial charge in [-0.25, -0.2) is 5.43 Å². The van der Waals surface area contributed by atoms with E-state index >= 15 is 0 Å². The molecule has 0 aliphatic heterocycles. The van der Waals surface area contributed by atoms with Crippen molar-refractivity contribution in [2.75, 3.05) is 6.61 Å². The zero-order valence-corrected chi connectivity index (χ0v) is 17.1. The summed E-state index contributed by atoms with van der Waals surface area (Å²) in [6.07, 6.45) is 2.52. The number of carbonyl (C=O) groups excluding carboxylic acids is 1. The second kappa shape index (κ2) is 9.94. The average molecular weight is 411 g/mol. The highest BCUT2D eigenvalue weighted by Gasteiger charge is 2.06. The Morgan fingerprint density at radius 3 is 2.72 bits per heavy atom. The van der Waals surface area contributed by atoms with E-state index in [9.17, 15) is 4.79 Å². The number of nitrogens with one attached hydrogen (secondary N) is 1. The van der Waals surface area contributed by atoms with E-state index in [1.807, 2.05) is 48.5 Å². The van der Waals surface area contributed by atoms with Crippen LogP contribution in [0.15, 0.2) is 70.2 Å². The largest absolute Gasteiger partial charge is 0.484 e. The number of hydrazone groups is 1. The van der Waals surface area contributed by atoms with E-state index < -0.39 is 0 Å². The maximum absolute atomic E-state index is 11.9. The number of rotatable bonds is 8. The highest BCUT2D eigenvalue weighted by atomic mass is 35.5. The van der Waals surface area contributed by atoms with Gasteiger partial charge in [0.2, 0.25) is 0 Å². The monoisotopic (exact) mass is 410 g/mol. The molecule has 0 saturated heterocycles. The number of ether oxygens (including phenoxy) is 1. The topological polar surface area (TPSA) is 63.8 Å². The minimum Gasteiger partial charge on any atom is -0.484 e. The second-order valence-electron chi connectivity index (χ2n) is 6.67. The van der Waals surface area contributed by atoms with Crippen molar-refractivity contribution in [3.8, 4) is 17.1 Å². The first-order valence-corrected chi connectivity index (χ1v) is 9.83. The van der Waals surface area contributed by atoms with Gasteiger partial charge in [-0.1, -0.05) is 49.7 Å². The lowest BCUT2D eigenvalue weighted by atomic mass is 9.99. The summed E-state index contributed by atoms with van der Waals surface area (Å²) < 4.78 is 11.2. The summed E-state index contributed by atoms with van der Waals surface area (Å²) in [6, 6.07) is 18.7. The van der Waals surface area contributed by atoms with E-state index in [0.717, 1.165) is 12.0 Å². The predicted octanol–water partition coefficient (Wildman–Crippen LogP) is 5.64. The van der Waals surface area contributed by atoms with E-state index in [-0.39, 0.29) is 12.5 Å². The first-order chi connectivity index (χ1) is 14.0. The van der Waals surface area contributed by atoms with Gasteiger partial charge in [-0.3, -0.25) is 4.79 Å². The Kier molecular flexibility index (Phi) is 7.09. The van der Waals surface area contributed by atoms with Crippen LogP contribution in [0.4, 0.5) is 0 Å². The zero-order valence-electron chi connectivity index (χ0n) is 16.4. The van der Waals surface area contributed by atoms with E-state index in [4.69, 9.17) is 20.8 Å². The molecular formula is C23H23ClN2O3. The van der Waals surface area contributed by atoms with Gasteiger partial charge < -0.3 is 9.15 Å². The summed E-state index contributed by atoms with van der Waals surface area (Å²) in [5.74, 6) is 1.98. The lowest BCUT2D eigenvalue weighted by Gasteiger charge is -2.10. The van der Waals surface area contributed by atoms with Crippen LogP contribution in [0.25, 0.3) is 11.3 Å². The maximum atomic E-state index is 11.9. The molecule has 150 valence electrons. The van der Waals surface area contributed by atoms with E-state index in [1.165, 1.54) is 11.8 Å². The number of hydrogen-bond acceptors (Lipinski definition) is 4. The van der Waals surface area contributed by atoms with Crippen LogP contribution >= 0.6 is 11.6 Å². The van der Waals surface area contributed by atoms with Crippen LogP contribution in [-0.2, 0) is 4.79 Å². The van der Waals surface area contributed by atoms with E-state index in [2.05, 4.69) is 24.4 Å². The Hall–Kier alpha value is -3.05. The number of carbonyl (C=O) groups is 1. The van der Waals surface area contributed by atoms with Crippen LogP contribution in [0.3, 0.4) is 0 Å². The molecule has 6 heteroatoms. The molecule has 0 fully saturated rings. The van der Waals surface area contributed by atoms with Gasteiger partial charge in [0, 0.05) is 10.6 Å². The number of nitrogens with zero attached hydrogens (tertiary/aromatic N) is 1. The lowest BCUT2D eigenvalue weighted by molar-refractivity contribution is -0.123. The highest BCUT2D eigenvalue weighted by molar-refractivity contribution is 6.30. The first-order valence-electron chi connectivity index (χ1n) is 9.45. The van der Waals surface area contributed by atoms with Crippen molar-refractivity contribution >= 4 is 23.7 Å². The zero-order chi connectivity index (χ0) is 20.6. The minimum absolute atomic E-state index is 0.119. The van der Waals surface area contributed by atoms with Gasteiger partial charge in [0.05, 0.1) is 6.21 Å². The maximum Gasteiger partial charge on any atom is 0.277 e. The summed E-state index contributed by atoms with van der Waals surface area (Å²) in [6.45, 7) is 4.21. The normalized spacial score (nSPS) is 12.1. The number of hydrogen-bond donors (Lipinski definition) is 1. The molecule has 0 aliphatic rings. The van der Waals surface area contributed by atoms with Crippen LogP contribution in [0.1, 0.15) is 37.5 Å².